The van der Waals surface area contributed by atoms with Crippen molar-refractivity contribution in [2.24, 2.45) is 0 Å². The molecule has 13 heteroatoms. The van der Waals surface area contributed by atoms with Crippen molar-refractivity contribution in [1.82, 2.24) is 0 Å². The molecule has 2 aromatic rings. The quantitative estimate of drug-likeness (QED) is 0.416. The third kappa shape index (κ3) is 6.65. The number of carboxylic acid groups (broad SMARTS) is 4. The van der Waals surface area contributed by atoms with Crippen molar-refractivity contribution in [3.63, 3.8) is 0 Å². The average molecular weight is 585 g/mol. The minimum atomic E-state index is -1.71. The van der Waals surface area contributed by atoms with Crippen LogP contribution in [0.2, 0.25) is 20.1 Å². The predicted molar refractivity (Wildman–Crippen MR) is 96.0 cm³/mol. The van der Waals surface area contributed by atoms with E-state index in [9.17, 15) is 39.6 Å². The van der Waals surface area contributed by atoms with Crippen molar-refractivity contribution < 1.29 is 39.6 Å². The molecule has 2 rings (SSSR count). The summed E-state index contributed by atoms with van der Waals surface area (Å²) in [5, 5.41) is 41.2. The van der Waals surface area contributed by atoms with E-state index in [1.165, 1.54) is 12.1 Å². The maximum atomic E-state index is 10.6. The van der Waals surface area contributed by atoms with E-state index in [4.69, 9.17) is 46.4 Å². The molecule has 29 heavy (non-hydrogen) atoms. The van der Waals surface area contributed by atoms with Gasteiger partial charge in [-0.25, -0.2) is 0 Å². The largest absolute Gasteiger partial charge is 4.00 e. The van der Waals surface area contributed by atoms with Crippen LogP contribution in [0.5, 0.6) is 0 Å². The van der Waals surface area contributed by atoms with Gasteiger partial charge in [-0.1, -0.05) is 58.5 Å². The van der Waals surface area contributed by atoms with Crippen molar-refractivity contribution in [2.45, 2.75) is 0 Å². The van der Waals surface area contributed by atoms with Gasteiger partial charge in [0, 0.05) is 22.3 Å². The van der Waals surface area contributed by atoms with E-state index in [1.807, 2.05) is 0 Å². The third-order valence-corrected chi connectivity index (χ3v) is 4.65. The SMILES string of the molecule is O=C([O-])c1ccc(Cl)c(Cl)c1C(=O)[O-].O=C([O-])c1ccc(Cl)c(Cl)c1C(=O)[O-].[Sn+4]. The van der Waals surface area contributed by atoms with E-state index in [0.29, 0.717) is 0 Å². The zero-order valence-corrected chi connectivity index (χ0v) is 19.5. The number of rotatable bonds is 4. The van der Waals surface area contributed by atoms with E-state index in [1.54, 1.807) is 0 Å². The zero-order chi connectivity index (χ0) is 21.8. The van der Waals surface area contributed by atoms with Crippen LogP contribution in [0, 0.1) is 0 Å². The van der Waals surface area contributed by atoms with Crippen molar-refractivity contribution in [3.05, 3.63) is 66.6 Å². The summed E-state index contributed by atoms with van der Waals surface area (Å²) < 4.78 is 0. The van der Waals surface area contributed by atoms with Crippen LogP contribution in [0.4, 0.5) is 0 Å². The first-order valence-electron chi connectivity index (χ1n) is 6.71. The Labute approximate surface area is 199 Å². The van der Waals surface area contributed by atoms with Crippen molar-refractivity contribution >= 4 is 94.2 Å². The van der Waals surface area contributed by atoms with Crippen molar-refractivity contribution in [1.29, 1.82) is 0 Å². The Morgan fingerprint density at radius 2 is 0.828 bits per heavy atom. The topological polar surface area (TPSA) is 161 Å². The van der Waals surface area contributed by atoms with E-state index >= 15 is 0 Å². The molecule has 0 bridgehead atoms. The molecular formula is C16H4Cl4O8Sn. The normalized spacial score (nSPS) is 9.52. The van der Waals surface area contributed by atoms with Gasteiger partial charge in [0.25, 0.3) is 0 Å². The van der Waals surface area contributed by atoms with Gasteiger partial charge in [0.2, 0.25) is 0 Å². The molecule has 0 spiro atoms. The molecule has 0 atom stereocenters. The van der Waals surface area contributed by atoms with Crippen LogP contribution < -0.4 is 20.4 Å². The maximum Gasteiger partial charge on any atom is 4.00 e. The van der Waals surface area contributed by atoms with E-state index in [2.05, 4.69) is 0 Å². The molecule has 0 saturated carbocycles. The van der Waals surface area contributed by atoms with Crippen LogP contribution in [-0.4, -0.2) is 47.8 Å². The van der Waals surface area contributed by atoms with Crippen molar-refractivity contribution in [2.75, 3.05) is 0 Å². The standard InChI is InChI=1S/2C8H4Cl2O4.Sn/c2*9-4-2-1-3(7(11)12)5(6(4)10)8(13)14;/h2*1-2H,(H,11,12)(H,13,14);/q;;+4/p-4. The summed E-state index contributed by atoms with van der Waals surface area (Å²) >= 11 is 22.0. The van der Waals surface area contributed by atoms with Crippen LogP contribution in [0.25, 0.3) is 0 Å². The Kier molecular flexibility index (Phi) is 10.8. The van der Waals surface area contributed by atoms with Crippen LogP contribution in [0.1, 0.15) is 41.4 Å². The zero-order valence-electron chi connectivity index (χ0n) is 13.6. The number of carbonyl (C=O) groups is 4. The Hall–Kier alpha value is -1.72. The Balaban J connectivity index is 0.000000523. The Morgan fingerprint density at radius 1 is 0.552 bits per heavy atom. The number of benzene rings is 2. The Morgan fingerprint density at radius 3 is 1.03 bits per heavy atom. The van der Waals surface area contributed by atoms with Crippen molar-refractivity contribution in [3.8, 4) is 0 Å². The number of carboxylic acids is 4. The van der Waals surface area contributed by atoms with E-state index in [-0.39, 0.29) is 44.0 Å². The second-order valence-electron chi connectivity index (χ2n) is 4.72. The maximum absolute atomic E-state index is 10.6. The van der Waals surface area contributed by atoms with Gasteiger partial charge in [-0.15, -0.1) is 0 Å². The fourth-order valence-electron chi connectivity index (χ4n) is 1.84. The molecular weight excluding hydrogens is 581 g/mol. The molecule has 0 N–H and O–H groups in total. The van der Waals surface area contributed by atoms with Crippen LogP contribution >= 0.6 is 46.4 Å². The van der Waals surface area contributed by atoms with Gasteiger partial charge in [0.15, 0.2) is 0 Å². The molecule has 0 fully saturated rings. The predicted octanol–water partition coefficient (Wildman–Crippen LogP) is -0.940. The second kappa shape index (κ2) is 11.5. The van der Waals surface area contributed by atoms with Gasteiger partial charge in [0.1, 0.15) is 0 Å². The molecule has 0 aliphatic heterocycles. The first-order valence-corrected chi connectivity index (χ1v) is 8.22. The fraction of sp³-hybridized carbons (Fsp3) is 0. The molecule has 2 aromatic carbocycles. The molecule has 0 aromatic heterocycles. The first kappa shape index (κ1) is 27.3. The second-order valence-corrected chi connectivity index (χ2v) is 6.29. The molecule has 0 unspecified atom stereocenters. The number of halogens is 4. The number of carbonyl (C=O) groups excluding carboxylic acids is 4. The van der Waals surface area contributed by atoms with Gasteiger partial charge >= 0.3 is 23.9 Å². The van der Waals surface area contributed by atoms with Gasteiger partial charge in [0.05, 0.1) is 44.0 Å². The van der Waals surface area contributed by atoms with Crippen LogP contribution in [0.3, 0.4) is 0 Å². The number of hydrogen-bond donors (Lipinski definition) is 0. The smallest absolute Gasteiger partial charge is 0.545 e. The Bertz CT molecular complexity index is 914. The molecule has 0 amide bonds. The molecule has 0 aliphatic rings. The van der Waals surface area contributed by atoms with Gasteiger partial charge in [-0.2, -0.15) is 0 Å². The summed E-state index contributed by atoms with van der Waals surface area (Å²) in [6.07, 6.45) is 0. The third-order valence-electron chi connectivity index (χ3n) is 3.04. The summed E-state index contributed by atoms with van der Waals surface area (Å²) in [4.78, 5) is 42.1. The summed E-state index contributed by atoms with van der Waals surface area (Å²) in [5.74, 6) is -6.72. The molecule has 0 aliphatic carbocycles. The summed E-state index contributed by atoms with van der Waals surface area (Å²) in [7, 11) is 0. The monoisotopic (exact) mass is 584 g/mol. The molecule has 0 radical (unpaired) electrons. The molecule has 0 heterocycles. The van der Waals surface area contributed by atoms with Gasteiger partial charge < -0.3 is 39.6 Å². The summed E-state index contributed by atoms with van der Waals surface area (Å²) in [6.45, 7) is 0. The minimum absolute atomic E-state index is 0. The van der Waals surface area contributed by atoms with Crippen LogP contribution in [-0.2, 0) is 0 Å². The van der Waals surface area contributed by atoms with Gasteiger partial charge in [-0.05, 0) is 12.1 Å². The van der Waals surface area contributed by atoms with E-state index < -0.39 is 46.1 Å². The molecule has 148 valence electrons. The van der Waals surface area contributed by atoms with Gasteiger partial charge in [-0.3, -0.25) is 0 Å². The summed E-state index contributed by atoms with van der Waals surface area (Å²) in [5.41, 5.74) is -2.45. The number of aromatic carboxylic acids is 4. The summed E-state index contributed by atoms with van der Waals surface area (Å²) in [6, 6.07) is 4.33. The number of hydrogen-bond acceptors (Lipinski definition) is 8. The minimum Gasteiger partial charge on any atom is -0.545 e. The molecule has 0 saturated heterocycles. The fourth-order valence-corrected chi connectivity index (χ4v) is 2.64. The average Bonchev–Trinajstić information content (AvgIpc) is 2.58. The molecule has 8 nitrogen and oxygen atoms in total. The van der Waals surface area contributed by atoms with E-state index in [0.717, 1.165) is 12.1 Å². The van der Waals surface area contributed by atoms with Crippen LogP contribution in [0.15, 0.2) is 24.3 Å². The first-order chi connectivity index (χ1) is 12.9.